The van der Waals surface area contributed by atoms with Crippen molar-refractivity contribution in [1.82, 2.24) is 10.0 Å². The summed E-state index contributed by atoms with van der Waals surface area (Å²) in [5.74, 6) is 0.841. The number of thiocarbonyl (C=S) groups is 1. The highest BCUT2D eigenvalue weighted by molar-refractivity contribution is 7.92. The van der Waals surface area contributed by atoms with Gasteiger partial charge in [-0.3, -0.25) is 4.72 Å². The van der Waals surface area contributed by atoms with Crippen molar-refractivity contribution >= 4 is 27.4 Å². The summed E-state index contributed by atoms with van der Waals surface area (Å²) >= 11 is 5.33. The number of benzene rings is 1. The highest BCUT2D eigenvalue weighted by atomic mass is 32.2. The van der Waals surface area contributed by atoms with E-state index in [0.29, 0.717) is 4.90 Å². The predicted octanol–water partition coefficient (Wildman–Crippen LogP) is 4.20. The molecule has 0 amide bonds. The lowest BCUT2D eigenvalue weighted by Crippen LogP contribution is -2.45. The fourth-order valence-electron chi connectivity index (χ4n) is 4.39. The molecule has 0 aromatic heterocycles. The van der Waals surface area contributed by atoms with Gasteiger partial charge in [0.2, 0.25) is 0 Å². The first-order valence-electron chi connectivity index (χ1n) is 10.2. The molecule has 2 aliphatic rings. The summed E-state index contributed by atoms with van der Waals surface area (Å²) in [6.45, 7) is 9.80. The Labute approximate surface area is 174 Å². The first kappa shape index (κ1) is 21.4. The molecule has 156 valence electrons. The third-order valence-corrected chi connectivity index (χ3v) is 8.07. The predicted molar refractivity (Wildman–Crippen MR) is 117 cm³/mol. The molecule has 7 heteroatoms. The molecule has 1 aromatic rings. The summed E-state index contributed by atoms with van der Waals surface area (Å²) in [4.78, 5) is 0.333. The van der Waals surface area contributed by atoms with Gasteiger partial charge in [-0.2, -0.15) is 0 Å². The average Bonchev–Trinajstić information content (AvgIpc) is 2.59. The first-order chi connectivity index (χ1) is 13.0. The van der Waals surface area contributed by atoms with E-state index in [0.717, 1.165) is 66.5 Å². The molecule has 3 rings (SSSR count). The van der Waals surface area contributed by atoms with E-state index in [-0.39, 0.29) is 16.8 Å². The zero-order chi connectivity index (χ0) is 20.7. The Morgan fingerprint density at radius 2 is 1.71 bits per heavy atom. The molecule has 0 saturated heterocycles. The summed E-state index contributed by atoms with van der Waals surface area (Å²) in [6.07, 6.45) is 7.29. The third-order valence-electron chi connectivity index (χ3n) is 6.10. The van der Waals surface area contributed by atoms with Crippen molar-refractivity contribution < 1.29 is 13.2 Å². The summed E-state index contributed by atoms with van der Waals surface area (Å²) in [5, 5.41) is 3.38. The van der Waals surface area contributed by atoms with Crippen LogP contribution in [0.1, 0.15) is 74.6 Å². The summed E-state index contributed by atoms with van der Waals surface area (Å²) in [5.41, 5.74) is 3.14. The highest BCUT2D eigenvalue weighted by Crippen LogP contribution is 2.42. The van der Waals surface area contributed by atoms with Crippen LogP contribution in [0.2, 0.25) is 0 Å². The highest BCUT2D eigenvalue weighted by Gasteiger charge is 2.33. The van der Waals surface area contributed by atoms with Gasteiger partial charge in [0.15, 0.2) is 5.11 Å². The largest absolute Gasteiger partial charge is 0.487 e. The SMILES string of the molecule is Cc1c(C)c(S(=O)(=O)NC(=S)NC2CCCCC2)c(C)c2c1OC(C)(C)CC2. The fourth-order valence-corrected chi connectivity index (χ4v) is 6.37. The van der Waals surface area contributed by atoms with Crippen molar-refractivity contribution in [2.75, 3.05) is 0 Å². The quantitative estimate of drug-likeness (QED) is 0.712. The molecule has 5 nitrogen and oxygen atoms in total. The molecule has 1 heterocycles. The van der Waals surface area contributed by atoms with Crippen LogP contribution in [0.25, 0.3) is 0 Å². The molecule has 1 aliphatic heterocycles. The molecule has 0 unspecified atom stereocenters. The minimum atomic E-state index is -3.77. The van der Waals surface area contributed by atoms with Gasteiger partial charge < -0.3 is 10.1 Å². The zero-order valence-corrected chi connectivity index (χ0v) is 19.2. The Hall–Kier alpha value is -1.34. The lowest BCUT2D eigenvalue weighted by atomic mass is 9.88. The van der Waals surface area contributed by atoms with E-state index in [9.17, 15) is 8.42 Å². The van der Waals surface area contributed by atoms with E-state index in [4.69, 9.17) is 17.0 Å². The molecule has 0 atom stereocenters. The standard InChI is InChI=1S/C21H32N2O3S2/c1-13-14(2)19(15(3)17-11-12-21(4,5)26-18(13)17)28(24,25)23-20(27)22-16-9-7-6-8-10-16/h16H,6-12H2,1-5H3,(H2,22,23,27). The van der Waals surface area contributed by atoms with Gasteiger partial charge in [0, 0.05) is 6.04 Å². The number of fused-ring (bicyclic) bond motifs is 1. The van der Waals surface area contributed by atoms with E-state index in [1.807, 2.05) is 20.8 Å². The Balaban J connectivity index is 1.89. The summed E-state index contributed by atoms with van der Waals surface area (Å²) < 4.78 is 35.2. The summed E-state index contributed by atoms with van der Waals surface area (Å²) in [7, 11) is -3.77. The lowest BCUT2D eigenvalue weighted by Gasteiger charge is -2.35. The molecule has 1 fully saturated rings. The van der Waals surface area contributed by atoms with Crippen LogP contribution in [0.5, 0.6) is 5.75 Å². The van der Waals surface area contributed by atoms with Crippen molar-refractivity contribution in [1.29, 1.82) is 0 Å². The maximum atomic E-state index is 13.2. The smallest absolute Gasteiger partial charge is 0.264 e. The molecule has 2 N–H and O–H groups in total. The third kappa shape index (κ3) is 4.30. The second kappa shape index (κ2) is 7.82. The molecule has 0 spiro atoms. The van der Waals surface area contributed by atoms with E-state index in [1.54, 1.807) is 0 Å². The van der Waals surface area contributed by atoms with Crippen molar-refractivity contribution in [3.05, 3.63) is 22.3 Å². The number of hydrogen-bond acceptors (Lipinski definition) is 4. The first-order valence-corrected chi connectivity index (χ1v) is 12.1. The van der Waals surface area contributed by atoms with Gasteiger partial charge in [0.25, 0.3) is 10.0 Å². The van der Waals surface area contributed by atoms with E-state index >= 15 is 0 Å². The van der Waals surface area contributed by atoms with Gasteiger partial charge in [-0.1, -0.05) is 19.3 Å². The Bertz CT molecular complexity index is 886. The number of hydrogen-bond donors (Lipinski definition) is 2. The number of nitrogens with one attached hydrogen (secondary N) is 2. The Morgan fingerprint density at radius 3 is 2.36 bits per heavy atom. The maximum absolute atomic E-state index is 13.2. The molecule has 0 radical (unpaired) electrons. The molecule has 1 saturated carbocycles. The minimum Gasteiger partial charge on any atom is -0.487 e. The van der Waals surface area contributed by atoms with Crippen molar-refractivity contribution in [3.63, 3.8) is 0 Å². The number of sulfonamides is 1. The van der Waals surface area contributed by atoms with Crippen LogP contribution in [0, 0.1) is 20.8 Å². The molecular formula is C21H32N2O3S2. The van der Waals surface area contributed by atoms with Crippen LogP contribution in [0.4, 0.5) is 0 Å². The van der Waals surface area contributed by atoms with Crippen LogP contribution >= 0.6 is 12.2 Å². The maximum Gasteiger partial charge on any atom is 0.264 e. The van der Waals surface area contributed by atoms with Crippen molar-refractivity contribution in [2.24, 2.45) is 0 Å². The summed E-state index contributed by atoms with van der Waals surface area (Å²) in [6, 6.07) is 0.257. The van der Waals surface area contributed by atoms with E-state index < -0.39 is 10.0 Å². The average molecular weight is 425 g/mol. The van der Waals surface area contributed by atoms with Crippen LogP contribution in [-0.4, -0.2) is 25.2 Å². The van der Waals surface area contributed by atoms with Gasteiger partial charge in [-0.25, -0.2) is 8.42 Å². The van der Waals surface area contributed by atoms with Gasteiger partial charge in [-0.05, 0) is 94.8 Å². The van der Waals surface area contributed by atoms with Crippen LogP contribution < -0.4 is 14.8 Å². The van der Waals surface area contributed by atoms with Gasteiger partial charge in [0.05, 0.1) is 4.90 Å². The minimum absolute atomic E-state index is 0.193. The molecule has 0 bridgehead atoms. The second-order valence-corrected chi connectivity index (χ2v) is 10.8. The van der Waals surface area contributed by atoms with E-state index in [1.165, 1.54) is 6.42 Å². The Morgan fingerprint density at radius 1 is 1.07 bits per heavy atom. The monoisotopic (exact) mass is 424 g/mol. The molecule has 1 aliphatic carbocycles. The van der Waals surface area contributed by atoms with Crippen LogP contribution in [0.3, 0.4) is 0 Å². The molecule has 1 aromatic carbocycles. The number of rotatable bonds is 3. The molecule has 28 heavy (non-hydrogen) atoms. The lowest BCUT2D eigenvalue weighted by molar-refractivity contribution is 0.0832. The van der Waals surface area contributed by atoms with Gasteiger partial charge in [0.1, 0.15) is 11.4 Å². The van der Waals surface area contributed by atoms with Crippen LogP contribution in [-0.2, 0) is 16.4 Å². The molecular weight excluding hydrogens is 392 g/mol. The van der Waals surface area contributed by atoms with Crippen LogP contribution in [0.15, 0.2) is 4.90 Å². The Kier molecular flexibility index (Phi) is 5.97. The van der Waals surface area contributed by atoms with Crippen molar-refractivity contribution in [2.45, 2.75) is 96.1 Å². The van der Waals surface area contributed by atoms with E-state index in [2.05, 4.69) is 23.9 Å². The van der Waals surface area contributed by atoms with Gasteiger partial charge >= 0.3 is 0 Å². The fraction of sp³-hybridized carbons (Fsp3) is 0.667. The van der Waals surface area contributed by atoms with Crippen molar-refractivity contribution in [3.8, 4) is 5.75 Å². The zero-order valence-electron chi connectivity index (χ0n) is 17.6. The topological polar surface area (TPSA) is 67.4 Å². The van der Waals surface area contributed by atoms with Gasteiger partial charge in [-0.15, -0.1) is 0 Å². The number of ether oxygens (including phenoxy) is 1. The second-order valence-electron chi connectivity index (χ2n) is 8.79. The normalized spacial score (nSPS) is 19.5.